The summed E-state index contributed by atoms with van der Waals surface area (Å²) in [5.41, 5.74) is -0.142. The second-order valence-electron chi connectivity index (χ2n) is 5.08. The van der Waals surface area contributed by atoms with E-state index in [9.17, 15) is 15.2 Å². The number of nitro groups is 1. The van der Waals surface area contributed by atoms with Crippen molar-refractivity contribution in [1.29, 1.82) is 0 Å². The summed E-state index contributed by atoms with van der Waals surface area (Å²) in [6, 6.07) is 0. The maximum Gasteiger partial charge on any atom is 0.311 e. The molecule has 1 N–H and O–H groups in total. The van der Waals surface area contributed by atoms with Crippen molar-refractivity contribution in [1.82, 2.24) is 4.98 Å². The summed E-state index contributed by atoms with van der Waals surface area (Å²) in [5.74, 6) is 0. The van der Waals surface area contributed by atoms with Gasteiger partial charge in [-0.3, -0.25) is 15.1 Å². The van der Waals surface area contributed by atoms with Gasteiger partial charge in [0.1, 0.15) is 11.9 Å². The molecule has 1 unspecified atom stereocenters. The average Bonchev–Trinajstić information content (AvgIpc) is 2.50. The van der Waals surface area contributed by atoms with Crippen LogP contribution in [0.3, 0.4) is 0 Å². The van der Waals surface area contributed by atoms with Crippen LogP contribution in [0.2, 0.25) is 0 Å². The maximum atomic E-state index is 11.1. The molecule has 6 nitrogen and oxygen atoms in total. The Morgan fingerprint density at radius 3 is 2.89 bits per heavy atom. The summed E-state index contributed by atoms with van der Waals surface area (Å²) in [7, 11) is 0. The topological polar surface area (TPSA) is 79.5 Å². The molecule has 1 fully saturated rings. The van der Waals surface area contributed by atoms with Gasteiger partial charge in [0.15, 0.2) is 0 Å². The van der Waals surface area contributed by atoms with Crippen molar-refractivity contribution in [2.24, 2.45) is 0 Å². The van der Waals surface area contributed by atoms with Crippen LogP contribution in [0.15, 0.2) is 16.9 Å². The van der Waals surface area contributed by atoms with Crippen LogP contribution in [-0.4, -0.2) is 33.7 Å². The van der Waals surface area contributed by atoms with E-state index in [4.69, 9.17) is 0 Å². The molecule has 0 saturated carbocycles. The van der Waals surface area contributed by atoms with E-state index in [1.807, 2.05) is 11.8 Å². The fourth-order valence-electron chi connectivity index (χ4n) is 2.35. The van der Waals surface area contributed by atoms with E-state index in [0.29, 0.717) is 36.1 Å². The molecule has 0 spiro atoms. The molecule has 1 aliphatic heterocycles. The normalized spacial score (nSPS) is 24.1. The van der Waals surface area contributed by atoms with E-state index in [1.165, 1.54) is 6.20 Å². The van der Waals surface area contributed by atoms with Gasteiger partial charge in [-0.05, 0) is 42.1 Å². The van der Waals surface area contributed by atoms with E-state index in [1.54, 1.807) is 6.20 Å². The monoisotopic (exact) mass is 329 g/mol. The Labute approximate surface area is 119 Å². The van der Waals surface area contributed by atoms with Gasteiger partial charge >= 0.3 is 5.69 Å². The molecular formula is C12H16BrN3O3. The standard InChI is InChI=1S/C12H16BrN3O3/c1-12(17)3-2-5-15(6-4-12)11-9(13)7-14-8-10(11)16(18)19/h7-8,17H,2-6H2,1H3. The number of aromatic nitrogens is 1. The zero-order valence-corrected chi connectivity index (χ0v) is 12.3. The lowest BCUT2D eigenvalue weighted by atomic mass is 9.98. The van der Waals surface area contributed by atoms with Crippen LogP contribution < -0.4 is 4.90 Å². The quantitative estimate of drug-likeness (QED) is 0.666. The van der Waals surface area contributed by atoms with Gasteiger partial charge in [0.2, 0.25) is 0 Å². The van der Waals surface area contributed by atoms with E-state index in [2.05, 4.69) is 20.9 Å². The summed E-state index contributed by atoms with van der Waals surface area (Å²) in [6.07, 6.45) is 4.94. The van der Waals surface area contributed by atoms with Crippen LogP contribution in [0, 0.1) is 10.1 Å². The van der Waals surface area contributed by atoms with Gasteiger partial charge in [-0.1, -0.05) is 0 Å². The Bertz CT molecular complexity index is 493. The lowest BCUT2D eigenvalue weighted by Crippen LogP contribution is -2.29. The minimum absolute atomic E-state index is 0.00378. The van der Waals surface area contributed by atoms with E-state index < -0.39 is 10.5 Å². The first-order valence-corrected chi connectivity index (χ1v) is 6.95. The van der Waals surface area contributed by atoms with Crippen LogP contribution in [0.1, 0.15) is 26.2 Å². The van der Waals surface area contributed by atoms with Gasteiger partial charge in [0.05, 0.1) is 15.0 Å². The summed E-state index contributed by atoms with van der Waals surface area (Å²) < 4.78 is 0.614. The molecule has 2 rings (SSSR count). The van der Waals surface area contributed by atoms with Crippen molar-refractivity contribution in [2.75, 3.05) is 18.0 Å². The minimum Gasteiger partial charge on any atom is -0.390 e. The van der Waals surface area contributed by atoms with Gasteiger partial charge in [0.25, 0.3) is 0 Å². The predicted molar refractivity (Wildman–Crippen MR) is 75.3 cm³/mol. The first kappa shape index (κ1) is 14.2. The molecule has 0 aliphatic carbocycles. The number of hydrogen-bond acceptors (Lipinski definition) is 5. The van der Waals surface area contributed by atoms with Crippen LogP contribution in [0.4, 0.5) is 11.4 Å². The maximum absolute atomic E-state index is 11.1. The van der Waals surface area contributed by atoms with Crippen LogP contribution in [0.5, 0.6) is 0 Å². The molecule has 104 valence electrons. The molecule has 0 radical (unpaired) electrons. The molecule has 1 aromatic rings. The molecule has 1 aromatic heterocycles. The Morgan fingerprint density at radius 1 is 1.47 bits per heavy atom. The summed E-state index contributed by atoms with van der Waals surface area (Å²) in [4.78, 5) is 16.5. The largest absolute Gasteiger partial charge is 0.390 e. The SMILES string of the molecule is CC1(O)CCCN(c2c(Br)cncc2[N+](=O)[O-])CC1. The highest BCUT2D eigenvalue weighted by Gasteiger charge is 2.29. The lowest BCUT2D eigenvalue weighted by molar-refractivity contribution is -0.384. The second kappa shape index (κ2) is 5.42. The Balaban J connectivity index is 2.33. The minimum atomic E-state index is -0.691. The Morgan fingerprint density at radius 2 is 2.21 bits per heavy atom. The molecule has 1 aliphatic rings. The summed E-state index contributed by atoms with van der Waals surface area (Å²) >= 11 is 3.33. The highest BCUT2D eigenvalue weighted by molar-refractivity contribution is 9.10. The molecule has 2 heterocycles. The summed E-state index contributed by atoms with van der Waals surface area (Å²) in [5, 5.41) is 21.2. The smallest absolute Gasteiger partial charge is 0.311 e. The van der Waals surface area contributed by atoms with Crippen molar-refractivity contribution in [3.63, 3.8) is 0 Å². The first-order chi connectivity index (χ1) is 8.91. The van der Waals surface area contributed by atoms with Crippen molar-refractivity contribution >= 4 is 27.3 Å². The van der Waals surface area contributed by atoms with Crippen LogP contribution in [0.25, 0.3) is 0 Å². The molecule has 0 bridgehead atoms. The predicted octanol–water partition coefficient (Wildman–Crippen LogP) is 2.49. The number of aliphatic hydroxyl groups is 1. The number of hydrogen-bond donors (Lipinski definition) is 1. The number of anilines is 1. The number of nitrogens with zero attached hydrogens (tertiary/aromatic N) is 3. The third-order valence-electron chi connectivity index (χ3n) is 3.43. The van der Waals surface area contributed by atoms with Crippen molar-refractivity contribution in [2.45, 2.75) is 31.8 Å². The van der Waals surface area contributed by atoms with Crippen LogP contribution >= 0.6 is 15.9 Å². The second-order valence-corrected chi connectivity index (χ2v) is 5.94. The van der Waals surface area contributed by atoms with Gasteiger partial charge in [0, 0.05) is 19.3 Å². The third-order valence-corrected chi connectivity index (χ3v) is 4.01. The number of rotatable bonds is 2. The summed E-state index contributed by atoms with van der Waals surface area (Å²) in [6.45, 7) is 3.10. The van der Waals surface area contributed by atoms with E-state index >= 15 is 0 Å². The van der Waals surface area contributed by atoms with Crippen molar-refractivity contribution in [3.8, 4) is 0 Å². The van der Waals surface area contributed by atoms with Gasteiger partial charge in [-0.25, -0.2) is 0 Å². The first-order valence-electron chi connectivity index (χ1n) is 6.16. The molecule has 0 amide bonds. The van der Waals surface area contributed by atoms with Crippen LogP contribution in [-0.2, 0) is 0 Å². The fraction of sp³-hybridized carbons (Fsp3) is 0.583. The Hall–Kier alpha value is -1.21. The average molecular weight is 330 g/mol. The number of halogens is 1. The van der Waals surface area contributed by atoms with E-state index in [-0.39, 0.29) is 5.69 Å². The molecule has 7 heteroatoms. The van der Waals surface area contributed by atoms with E-state index in [0.717, 1.165) is 6.42 Å². The molecule has 1 saturated heterocycles. The van der Waals surface area contributed by atoms with Gasteiger partial charge in [-0.2, -0.15) is 0 Å². The molecule has 19 heavy (non-hydrogen) atoms. The lowest BCUT2D eigenvalue weighted by Gasteiger charge is -2.24. The number of pyridine rings is 1. The third kappa shape index (κ3) is 3.22. The Kier molecular flexibility index (Phi) is 4.05. The fourth-order valence-corrected chi connectivity index (χ4v) is 2.92. The zero-order valence-electron chi connectivity index (χ0n) is 10.7. The van der Waals surface area contributed by atoms with Crippen molar-refractivity contribution in [3.05, 3.63) is 27.0 Å². The molecular weight excluding hydrogens is 314 g/mol. The van der Waals surface area contributed by atoms with Gasteiger partial charge < -0.3 is 10.0 Å². The molecule has 1 atom stereocenters. The zero-order chi connectivity index (χ0) is 14.0. The highest BCUT2D eigenvalue weighted by Crippen LogP contribution is 2.36. The highest BCUT2D eigenvalue weighted by atomic mass is 79.9. The van der Waals surface area contributed by atoms with Crippen molar-refractivity contribution < 1.29 is 10.0 Å². The van der Waals surface area contributed by atoms with Gasteiger partial charge in [-0.15, -0.1) is 0 Å². The molecule has 0 aromatic carbocycles.